The van der Waals surface area contributed by atoms with Gasteiger partial charge in [0.25, 0.3) is 0 Å². The number of hydrogen-bond acceptors (Lipinski definition) is 1. The van der Waals surface area contributed by atoms with E-state index < -0.39 is 0 Å². The van der Waals surface area contributed by atoms with E-state index in [2.05, 4.69) is 22.3 Å². The van der Waals surface area contributed by atoms with Crippen molar-refractivity contribution < 1.29 is 4.79 Å². The van der Waals surface area contributed by atoms with E-state index in [1.165, 1.54) is 38.5 Å². The fraction of sp³-hybridized carbons (Fsp3) is 0.588. The van der Waals surface area contributed by atoms with E-state index in [0.717, 1.165) is 18.0 Å². The van der Waals surface area contributed by atoms with Crippen LogP contribution >= 0.6 is 0 Å². The number of nitrogens with zero attached hydrogens (tertiary/aromatic N) is 1. The summed E-state index contributed by atoms with van der Waals surface area (Å²) >= 11 is 0. The lowest BCUT2D eigenvalue weighted by Crippen LogP contribution is -2.52. The van der Waals surface area contributed by atoms with E-state index in [9.17, 15) is 4.79 Å². The van der Waals surface area contributed by atoms with Gasteiger partial charge in [0.1, 0.15) is 0 Å². The number of carbonyl (C=O) groups is 1. The Bertz CT molecular complexity index is 444. The normalized spacial score (nSPS) is 25.9. The number of urea groups is 1. The van der Waals surface area contributed by atoms with Gasteiger partial charge in [-0.15, -0.1) is 0 Å². The van der Waals surface area contributed by atoms with E-state index in [1.807, 2.05) is 18.2 Å². The summed E-state index contributed by atoms with van der Waals surface area (Å²) in [6.07, 6.45) is 7.62. The van der Waals surface area contributed by atoms with Gasteiger partial charge in [0.05, 0.1) is 0 Å². The van der Waals surface area contributed by atoms with Crippen molar-refractivity contribution in [2.45, 2.75) is 51.1 Å². The van der Waals surface area contributed by atoms with Crippen molar-refractivity contribution >= 4 is 6.03 Å². The maximum absolute atomic E-state index is 12.4. The molecule has 2 aliphatic rings. The molecule has 1 aliphatic heterocycles. The second kappa shape index (κ2) is 6.29. The fourth-order valence-electron chi connectivity index (χ4n) is 3.75. The first-order valence-corrected chi connectivity index (χ1v) is 7.93. The van der Waals surface area contributed by atoms with Crippen LogP contribution in [0.3, 0.4) is 0 Å². The van der Waals surface area contributed by atoms with Gasteiger partial charge in [-0.25, -0.2) is 4.79 Å². The van der Waals surface area contributed by atoms with Crippen molar-refractivity contribution in [3.63, 3.8) is 0 Å². The Balaban J connectivity index is 1.58. The first kappa shape index (κ1) is 13.5. The summed E-state index contributed by atoms with van der Waals surface area (Å²) in [6.45, 7) is 1.56. The quantitative estimate of drug-likeness (QED) is 0.877. The van der Waals surface area contributed by atoms with Gasteiger partial charge in [-0.3, -0.25) is 0 Å². The first-order valence-electron chi connectivity index (χ1n) is 7.93. The fourth-order valence-corrected chi connectivity index (χ4v) is 3.75. The summed E-state index contributed by atoms with van der Waals surface area (Å²) in [5.41, 5.74) is 1.16. The van der Waals surface area contributed by atoms with Crippen molar-refractivity contribution in [2.75, 3.05) is 6.54 Å². The van der Waals surface area contributed by atoms with Crippen LogP contribution in [0.15, 0.2) is 30.3 Å². The second-order valence-electron chi connectivity index (χ2n) is 6.09. The van der Waals surface area contributed by atoms with E-state index in [1.54, 1.807) is 0 Å². The van der Waals surface area contributed by atoms with Crippen LogP contribution in [0.2, 0.25) is 0 Å². The summed E-state index contributed by atoms with van der Waals surface area (Å²) in [4.78, 5) is 14.5. The lowest BCUT2D eigenvalue weighted by atomic mass is 9.78. The molecule has 2 atom stereocenters. The van der Waals surface area contributed by atoms with E-state index >= 15 is 0 Å². The predicted molar refractivity (Wildman–Crippen MR) is 80.4 cm³/mol. The second-order valence-corrected chi connectivity index (χ2v) is 6.09. The topological polar surface area (TPSA) is 32.3 Å². The van der Waals surface area contributed by atoms with E-state index in [-0.39, 0.29) is 6.03 Å². The van der Waals surface area contributed by atoms with Crippen molar-refractivity contribution in [3.8, 4) is 0 Å². The minimum atomic E-state index is 0.130. The summed E-state index contributed by atoms with van der Waals surface area (Å²) in [6, 6.07) is 10.8. The smallest absolute Gasteiger partial charge is 0.317 e. The molecule has 2 fully saturated rings. The number of nitrogens with one attached hydrogen (secondary N) is 1. The number of likely N-dealkylation sites (tertiary alicyclic amines) is 1. The molecule has 1 saturated carbocycles. The average Bonchev–Trinajstić information content (AvgIpc) is 2.53. The third-order valence-corrected chi connectivity index (χ3v) is 4.79. The van der Waals surface area contributed by atoms with Crippen molar-refractivity contribution in [3.05, 3.63) is 35.9 Å². The number of hydrogen-bond donors (Lipinski definition) is 1. The number of carbonyl (C=O) groups excluding carboxylic acids is 1. The molecular formula is C17H24N2O. The zero-order valence-corrected chi connectivity index (χ0v) is 12.1. The van der Waals surface area contributed by atoms with E-state index in [4.69, 9.17) is 0 Å². The van der Waals surface area contributed by atoms with Gasteiger partial charge in [0.15, 0.2) is 0 Å². The third-order valence-electron chi connectivity index (χ3n) is 4.79. The van der Waals surface area contributed by atoms with Crippen LogP contribution < -0.4 is 5.32 Å². The molecule has 3 heteroatoms. The summed E-state index contributed by atoms with van der Waals surface area (Å²) in [5, 5.41) is 3.09. The van der Waals surface area contributed by atoms with Gasteiger partial charge in [-0.2, -0.15) is 0 Å². The Labute approximate surface area is 121 Å². The molecule has 3 nitrogen and oxygen atoms in total. The van der Waals surface area contributed by atoms with Crippen LogP contribution in [-0.2, 0) is 6.54 Å². The van der Waals surface area contributed by atoms with Gasteiger partial charge in [0, 0.05) is 19.1 Å². The lowest BCUT2D eigenvalue weighted by molar-refractivity contribution is 0.0840. The first-order chi connectivity index (χ1) is 9.84. The molecular weight excluding hydrogens is 248 g/mol. The van der Waals surface area contributed by atoms with Crippen LogP contribution in [0.5, 0.6) is 0 Å². The van der Waals surface area contributed by atoms with Crippen molar-refractivity contribution in [1.82, 2.24) is 10.2 Å². The lowest BCUT2D eigenvalue weighted by Gasteiger charge is -2.44. The number of amides is 2. The molecule has 0 unspecified atom stereocenters. The molecule has 1 aromatic rings. The molecule has 3 rings (SSSR count). The van der Waals surface area contributed by atoms with Crippen LogP contribution in [0.4, 0.5) is 4.79 Å². The highest BCUT2D eigenvalue weighted by Crippen LogP contribution is 2.35. The molecule has 1 aromatic carbocycles. The molecule has 0 bridgehead atoms. The highest BCUT2D eigenvalue weighted by molar-refractivity contribution is 5.74. The minimum Gasteiger partial charge on any atom is -0.334 e. The molecule has 1 saturated heterocycles. The van der Waals surface area contributed by atoms with E-state index in [0.29, 0.717) is 12.6 Å². The summed E-state index contributed by atoms with van der Waals surface area (Å²) < 4.78 is 0. The van der Waals surface area contributed by atoms with Crippen LogP contribution in [-0.4, -0.2) is 23.5 Å². The molecule has 0 spiro atoms. The third kappa shape index (κ3) is 2.97. The van der Waals surface area contributed by atoms with Crippen molar-refractivity contribution in [1.29, 1.82) is 0 Å². The summed E-state index contributed by atoms with van der Waals surface area (Å²) in [7, 11) is 0. The standard InChI is InChI=1S/C17H24N2O/c20-17(18-13-14-7-2-1-3-8-14)19-12-6-10-15-9-4-5-11-16(15)19/h1-3,7-8,15-16H,4-6,9-13H2,(H,18,20)/t15-,16-/m1/s1. The van der Waals surface area contributed by atoms with Gasteiger partial charge >= 0.3 is 6.03 Å². The maximum Gasteiger partial charge on any atom is 0.317 e. The van der Waals surface area contributed by atoms with Crippen LogP contribution in [0.25, 0.3) is 0 Å². The molecule has 1 heterocycles. The predicted octanol–water partition coefficient (Wildman–Crippen LogP) is 3.55. The number of fused-ring (bicyclic) bond motifs is 1. The SMILES string of the molecule is O=C(NCc1ccccc1)N1CCC[C@H]2CCCC[C@H]21. The van der Waals surface area contributed by atoms with Gasteiger partial charge in [-0.05, 0) is 37.2 Å². The Morgan fingerprint density at radius 3 is 2.70 bits per heavy atom. The Morgan fingerprint density at radius 2 is 1.85 bits per heavy atom. The molecule has 2 amide bonds. The molecule has 0 aromatic heterocycles. The molecule has 0 radical (unpaired) electrons. The summed E-state index contributed by atoms with van der Waals surface area (Å²) in [5.74, 6) is 0.750. The Kier molecular flexibility index (Phi) is 4.24. The average molecular weight is 272 g/mol. The van der Waals surface area contributed by atoms with Gasteiger partial charge < -0.3 is 10.2 Å². The molecule has 108 valence electrons. The zero-order valence-electron chi connectivity index (χ0n) is 12.1. The van der Waals surface area contributed by atoms with Gasteiger partial charge in [0.2, 0.25) is 0 Å². The minimum absolute atomic E-state index is 0.130. The molecule has 1 N–H and O–H groups in total. The monoisotopic (exact) mass is 272 g/mol. The number of benzene rings is 1. The number of rotatable bonds is 2. The van der Waals surface area contributed by atoms with Crippen molar-refractivity contribution in [2.24, 2.45) is 5.92 Å². The van der Waals surface area contributed by atoms with Crippen LogP contribution in [0, 0.1) is 5.92 Å². The largest absolute Gasteiger partial charge is 0.334 e. The Hall–Kier alpha value is -1.51. The highest BCUT2D eigenvalue weighted by atomic mass is 16.2. The van der Waals surface area contributed by atoms with Crippen LogP contribution in [0.1, 0.15) is 44.1 Å². The molecule has 20 heavy (non-hydrogen) atoms. The maximum atomic E-state index is 12.4. The highest BCUT2D eigenvalue weighted by Gasteiger charge is 2.35. The van der Waals surface area contributed by atoms with Gasteiger partial charge in [-0.1, -0.05) is 43.2 Å². The molecule has 1 aliphatic carbocycles. The number of piperidine rings is 1. The Morgan fingerprint density at radius 1 is 1.10 bits per heavy atom. The zero-order chi connectivity index (χ0) is 13.8.